The summed E-state index contributed by atoms with van der Waals surface area (Å²) in [7, 11) is -2.87. The lowest BCUT2D eigenvalue weighted by Gasteiger charge is -2.30. The van der Waals surface area contributed by atoms with Crippen molar-refractivity contribution in [2.24, 2.45) is 0 Å². The van der Waals surface area contributed by atoms with E-state index in [2.05, 4.69) is 6.92 Å². The molecule has 2 rings (SSSR count). The summed E-state index contributed by atoms with van der Waals surface area (Å²) in [5, 5.41) is 11.7. The standard InChI is InChI=1S/C23H31O2P/c1-4-5-8-17-23(19(2)18-20(3)24)26(25,21-13-9-6-10-14-21)22-15-11-7-12-16-22/h6-7,9-16,18,20,23-24H,4-5,8,17H2,1-3H3/b19-18+/t20-,23-/m0/s1. The average molecular weight is 370 g/mol. The number of aliphatic hydroxyl groups is 1. The molecule has 0 aliphatic heterocycles. The minimum absolute atomic E-state index is 0.0894. The summed E-state index contributed by atoms with van der Waals surface area (Å²) in [6, 6.07) is 19.7. The predicted molar refractivity (Wildman–Crippen MR) is 113 cm³/mol. The van der Waals surface area contributed by atoms with Crippen LogP contribution in [0.3, 0.4) is 0 Å². The van der Waals surface area contributed by atoms with Gasteiger partial charge in [0.05, 0.1) is 6.10 Å². The largest absolute Gasteiger partial charge is 0.389 e. The molecule has 0 heterocycles. The summed E-state index contributed by atoms with van der Waals surface area (Å²) in [5.74, 6) is 0. The maximum Gasteiger partial charge on any atom is 0.150 e. The Balaban J connectivity index is 2.60. The molecule has 0 spiro atoms. The van der Waals surface area contributed by atoms with Crippen molar-refractivity contribution in [3.05, 3.63) is 72.3 Å². The van der Waals surface area contributed by atoms with Gasteiger partial charge in [0.2, 0.25) is 0 Å². The fourth-order valence-electron chi connectivity index (χ4n) is 3.58. The highest BCUT2D eigenvalue weighted by Gasteiger charge is 2.37. The van der Waals surface area contributed by atoms with Gasteiger partial charge in [0.15, 0.2) is 0 Å². The van der Waals surface area contributed by atoms with Crippen LogP contribution in [0, 0.1) is 0 Å². The molecule has 2 aromatic carbocycles. The minimum atomic E-state index is -2.87. The maximum absolute atomic E-state index is 14.6. The topological polar surface area (TPSA) is 37.3 Å². The van der Waals surface area contributed by atoms with Crippen molar-refractivity contribution < 1.29 is 9.67 Å². The zero-order valence-electron chi connectivity index (χ0n) is 16.1. The Hall–Kier alpha value is -1.63. The lowest BCUT2D eigenvalue weighted by atomic mass is 10.1. The number of unbranched alkanes of at least 4 members (excludes halogenated alkanes) is 2. The van der Waals surface area contributed by atoms with E-state index < -0.39 is 13.2 Å². The number of hydrogen-bond acceptors (Lipinski definition) is 2. The van der Waals surface area contributed by atoms with E-state index in [1.165, 1.54) is 0 Å². The summed E-state index contributed by atoms with van der Waals surface area (Å²) in [4.78, 5) is 0. The molecule has 0 aliphatic rings. The molecule has 0 saturated heterocycles. The number of allylic oxidation sites excluding steroid dienone is 1. The lowest BCUT2D eigenvalue weighted by Crippen LogP contribution is -2.27. The van der Waals surface area contributed by atoms with Crippen LogP contribution < -0.4 is 10.6 Å². The first-order valence-corrected chi connectivity index (χ1v) is 11.3. The Morgan fingerprint density at radius 2 is 1.50 bits per heavy atom. The van der Waals surface area contributed by atoms with Crippen LogP contribution in [0.1, 0.15) is 46.5 Å². The monoisotopic (exact) mass is 370 g/mol. The Kier molecular flexibility index (Phi) is 7.87. The number of hydrogen-bond donors (Lipinski definition) is 1. The van der Waals surface area contributed by atoms with Crippen LogP contribution >= 0.6 is 7.14 Å². The van der Waals surface area contributed by atoms with E-state index in [1.807, 2.05) is 73.7 Å². The quantitative estimate of drug-likeness (QED) is 0.371. The van der Waals surface area contributed by atoms with Crippen molar-refractivity contribution in [3.8, 4) is 0 Å². The summed E-state index contributed by atoms with van der Waals surface area (Å²) in [5.41, 5.74) is 0.931. The Morgan fingerprint density at radius 1 is 1.00 bits per heavy atom. The molecule has 0 saturated carbocycles. The molecule has 0 amide bonds. The van der Waals surface area contributed by atoms with Gasteiger partial charge in [-0.25, -0.2) is 0 Å². The van der Waals surface area contributed by atoms with E-state index in [0.29, 0.717) is 0 Å². The van der Waals surface area contributed by atoms with Crippen molar-refractivity contribution in [2.75, 3.05) is 0 Å². The Morgan fingerprint density at radius 3 is 1.92 bits per heavy atom. The van der Waals surface area contributed by atoms with E-state index in [9.17, 15) is 9.67 Å². The number of rotatable bonds is 9. The first kappa shape index (κ1) is 20.7. The highest BCUT2D eigenvalue weighted by Crippen LogP contribution is 2.53. The average Bonchev–Trinajstić information content (AvgIpc) is 2.65. The smallest absolute Gasteiger partial charge is 0.150 e. The van der Waals surface area contributed by atoms with Crippen molar-refractivity contribution in [1.82, 2.24) is 0 Å². The fraction of sp³-hybridized carbons (Fsp3) is 0.391. The van der Waals surface area contributed by atoms with Crippen molar-refractivity contribution in [2.45, 2.75) is 58.2 Å². The van der Waals surface area contributed by atoms with E-state index in [4.69, 9.17) is 0 Å². The second-order valence-corrected chi connectivity index (χ2v) is 9.96. The van der Waals surface area contributed by atoms with Crippen LogP contribution in [-0.2, 0) is 4.57 Å². The molecule has 26 heavy (non-hydrogen) atoms. The van der Waals surface area contributed by atoms with Crippen molar-refractivity contribution in [1.29, 1.82) is 0 Å². The van der Waals surface area contributed by atoms with Gasteiger partial charge in [0, 0.05) is 16.3 Å². The molecule has 0 radical (unpaired) electrons. The van der Waals surface area contributed by atoms with Gasteiger partial charge in [-0.05, 0) is 20.3 Å². The second-order valence-electron chi connectivity index (χ2n) is 6.99. The van der Waals surface area contributed by atoms with Gasteiger partial charge in [0.25, 0.3) is 0 Å². The van der Waals surface area contributed by atoms with Crippen LogP contribution in [0.25, 0.3) is 0 Å². The summed E-state index contributed by atoms with van der Waals surface area (Å²) >= 11 is 0. The van der Waals surface area contributed by atoms with Gasteiger partial charge < -0.3 is 9.67 Å². The molecule has 3 heteroatoms. The summed E-state index contributed by atoms with van der Waals surface area (Å²) in [6.45, 7) is 5.95. The maximum atomic E-state index is 14.6. The third-order valence-electron chi connectivity index (χ3n) is 4.83. The Bertz CT molecular complexity index is 692. The van der Waals surface area contributed by atoms with Gasteiger partial charge in [-0.1, -0.05) is 98.5 Å². The molecule has 0 aromatic heterocycles. The van der Waals surface area contributed by atoms with Crippen molar-refractivity contribution in [3.63, 3.8) is 0 Å². The third kappa shape index (κ3) is 4.96. The van der Waals surface area contributed by atoms with Gasteiger partial charge in [-0.3, -0.25) is 0 Å². The first-order chi connectivity index (χ1) is 12.5. The van der Waals surface area contributed by atoms with E-state index in [0.717, 1.165) is 41.9 Å². The van der Waals surface area contributed by atoms with Crippen LogP contribution in [0.15, 0.2) is 72.3 Å². The lowest BCUT2D eigenvalue weighted by molar-refractivity contribution is 0.243. The third-order valence-corrected chi connectivity index (χ3v) is 8.50. The van der Waals surface area contributed by atoms with E-state index in [-0.39, 0.29) is 5.66 Å². The molecular weight excluding hydrogens is 339 g/mol. The van der Waals surface area contributed by atoms with E-state index in [1.54, 1.807) is 6.92 Å². The zero-order valence-corrected chi connectivity index (χ0v) is 17.0. The molecule has 2 nitrogen and oxygen atoms in total. The normalized spacial score (nSPS) is 14.8. The summed E-state index contributed by atoms with van der Waals surface area (Å²) < 4.78 is 14.6. The molecule has 0 unspecified atom stereocenters. The Labute approximate surface area is 158 Å². The number of benzene rings is 2. The molecule has 2 atom stereocenters. The minimum Gasteiger partial charge on any atom is -0.389 e. The number of aliphatic hydroxyl groups excluding tert-OH is 1. The summed E-state index contributed by atoms with van der Waals surface area (Å²) in [6.07, 6.45) is 5.48. The predicted octanol–water partition coefficient (Wildman–Crippen LogP) is 5.28. The van der Waals surface area contributed by atoms with Gasteiger partial charge in [0.1, 0.15) is 7.14 Å². The van der Waals surface area contributed by atoms with Gasteiger partial charge in [-0.2, -0.15) is 0 Å². The van der Waals surface area contributed by atoms with Crippen LogP contribution in [0.2, 0.25) is 0 Å². The van der Waals surface area contributed by atoms with E-state index >= 15 is 0 Å². The fourth-order valence-corrected chi connectivity index (χ4v) is 7.04. The SMILES string of the molecule is CCCCC[C@@H](/C(C)=C/[C@H](C)O)P(=O)(c1ccccc1)c1ccccc1. The van der Waals surface area contributed by atoms with Gasteiger partial charge >= 0.3 is 0 Å². The molecule has 0 fully saturated rings. The zero-order chi connectivity index (χ0) is 19.0. The highest BCUT2D eigenvalue weighted by molar-refractivity contribution is 7.79. The second kappa shape index (κ2) is 9.90. The van der Waals surface area contributed by atoms with Crippen molar-refractivity contribution >= 4 is 17.8 Å². The van der Waals surface area contributed by atoms with Crippen LogP contribution in [-0.4, -0.2) is 16.9 Å². The van der Waals surface area contributed by atoms with Crippen LogP contribution in [0.5, 0.6) is 0 Å². The first-order valence-electron chi connectivity index (χ1n) is 9.57. The van der Waals surface area contributed by atoms with Gasteiger partial charge in [-0.15, -0.1) is 0 Å². The molecule has 0 bridgehead atoms. The molecule has 140 valence electrons. The molecule has 1 N–H and O–H groups in total. The molecule has 2 aromatic rings. The van der Waals surface area contributed by atoms with Crippen LogP contribution in [0.4, 0.5) is 0 Å². The molecular formula is C23H31O2P. The molecule has 0 aliphatic carbocycles. The highest BCUT2D eigenvalue weighted by atomic mass is 31.2.